The van der Waals surface area contributed by atoms with Gasteiger partial charge in [0.25, 0.3) is 0 Å². The number of carboxylic acid groups (broad SMARTS) is 1. The van der Waals surface area contributed by atoms with Gasteiger partial charge in [-0.25, -0.2) is 23.0 Å². The number of carbonyl (C=O) groups is 4. The number of aliphatic imine (C=N–C) groups is 1. The number of alkyl carbamates (subject to hydrolysis) is 1. The van der Waals surface area contributed by atoms with Gasteiger partial charge in [-0.15, -0.1) is 0 Å². The molecule has 5 atom stereocenters. The van der Waals surface area contributed by atoms with Gasteiger partial charge in [-0.05, 0) is 72.5 Å². The van der Waals surface area contributed by atoms with E-state index >= 15 is 0 Å². The first kappa shape index (κ1) is 48.7. The van der Waals surface area contributed by atoms with Crippen LogP contribution in [0.3, 0.4) is 0 Å². The van der Waals surface area contributed by atoms with Crippen LogP contribution in [-0.2, 0) is 46.9 Å². The molecule has 0 saturated carbocycles. The fourth-order valence-corrected chi connectivity index (χ4v) is 9.38. The highest BCUT2D eigenvalue weighted by Gasteiger charge is 2.48. The minimum absolute atomic E-state index is 0.00813. The minimum atomic E-state index is -3.88. The Kier molecular flexibility index (Phi) is 16.1. The summed E-state index contributed by atoms with van der Waals surface area (Å²) in [7, 11) is -3.88. The molecule has 3 aliphatic rings. The fourth-order valence-electron chi connectivity index (χ4n) is 7.74. The third kappa shape index (κ3) is 11.8. The second-order valence-electron chi connectivity index (χ2n) is 16.2. The summed E-state index contributed by atoms with van der Waals surface area (Å²) in [5.74, 6) is -1.80. The molecule has 20 heteroatoms. The molecule has 0 aromatic heterocycles. The summed E-state index contributed by atoms with van der Waals surface area (Å²) in [6.07, 6.45) is -6.47. The van der Waals surface area contributed by atoms with Crippen LogP contribution < -0.4 is 21.5 Å². The molecule has 0 bridgehead atoms. The van der Waals surface area contributed by atoms with E-state index in [1.165, 1.54) is 28.6 Å². The molecule has 6 rings (SSSR count). The number of carboxylic acids is 1. The molecular weight excluding hydrogens is 865 g/mol. The Balaban J connectivity index is 1.03. The van der Waals surface area contributed by atoms with Gasteiger partial charge >= 0.3 is 12.1 Å². The van der Waals surface area contributed by atoms with Gasteiger partial charge in [0.1, 0.15) is 42.3 Å². The standard InChI is InChI=1S/C45H56N6O13S/c1-3-14-50(15-4-2)42(56)32-17-30-10-9-29(20-35(30)49-37(47)21-32)28-6-5-7-34(19-28)65(60,61)51-23-27(24-51)22-48-45(59)62-25-26-8-11-36(31(16-26)18-33(52)12-13-46)63-44-40(55)38(53)39(54)41(64-44)43(57)58/h5-11,16-17,19-20,27,38-41,44,53-55H,3-4,12-15,18,21-25,46H2,1-2H3,(H2,47,49)(H,48,59)(H,57,58)/t38-,39-,40+,41-,44+/m0/s1. The van der Waals surface area contributed by atoms with Crippen LogP contribution in [0.25, 0.3) is 17.2 Å². The highest BCUT2D eigenvalue weighted by atomic mass is 32.2. The third-order valence-electron chi connectivity index (χ3n) is 11.2. The number of aliphatic hydroxyl groups is 3. The molecule has 2 fully saturated rings. The van der Waals surface area contributed by atoms with Crippen molar-refractivity contribution in [2.24, 2.45) is 22.4 Å². The van der Waals surface area contributed by atoms with Gasteiger partial charge in [0.15, 0.2) is 6.10 Å². The molecule has 350 valence electrons. The molecular formula is C45H56N6O13S. The second-order valence-corrected chi connectivity index (χ2v) is 18.2. The van der Waals surface area contributed by atoms with E-state index in [0.29, 0.717) is 41.3 Å². The molecule has 3 aliphatic heterocycles. The lowest BCUT2D eigenvalue weighted by Crippen LogP contribution is -2.61. The molecule has 2 amide bonds. The van der Waals surface area contributed by atoms with Gasteiger partial charge in [-0.1, -0.05) is 44.2 Å². The van der Waals surface area contributed by atoms with Crippen LogP contribution in [0.2, 0.25) is 0 Å². The van der Waals surface area contributed by atoms with Crippen molar-refractivity contribution in [3.63, 3.8) is 0 Å². The molecule has 0 spiro atoms. The number of aliphatic carboxylic acids is 1. The average Bonchev–Trinajstić information content (AvgIpc) is 3.43. The number of sulfonamides is 1. The number of Topliss-reactive ketones (excluding diaryl/α,β-unsaturated/α-hetero) is 1. The van der Waals surface area contributed by atoms with Crippen molar-refractivity contribution in [3.8, 4) is 16.9 Å². The van der Waals surface area contributed by atoms with E-state index in [2.05, 4.69) is 10.3 Å². The Labute approximate surface area is 376 Å². The lowest BCUT2D eigenvalue weighted by molar-refractivity contribution is -0.271. The van der Waals surface area contributed by atoms with E-state index in [0.717, 1.165) is 24.0 Å². The molecule has 2 saturated heterocycles. The summed E-state index contributed by atoms with van der Waals surface area (Å²) in [6.45, 7) is 5.64. The Hall–Kier alpha value is -5.74. The zero-order valence-electron chi connectivity index (χ0n) is 36.2. The van der Waals surface area contributed by atoms with E-state index < -0.39 is 52.8 Å². The van der Waals surface area contributed by atoms with Crippen molar-refractivity contribution in [1.82, 2.24) is 14.5 Å². The smallest absolute Gasteiger partial charge is 0.407 e. The van der Waals surface area contributed by atoms with Crippen molar-refractivity contribution in [1.29, 1.82) is 0 Å². The van der Waals surface area contributed by atoms with Crippen molar-refractivity contribution in [2.75, 3.05) is 39.3 Å². The Bertz CT molecular complexity index is 2420. The third-order valence-corrected chi connectivity index (χ3v) is 13.0. The molecule has 3 heterocycles. The van der Waals surface area contributed by atoms with Crippen molar-refractivity contribution in [2.45, 2.75) is 88.2 Å². The average molecular weight is 921 g/mol. The van der Waals surface area contributed by atoms with Gasteiger partial charge < -0.3 is 56.3 Å². The predicted octanol–water partition coefficient (Wildman–Crippen LogP) is 2.06. The molecule has 0 radical (unpaired) electrons. The molecule has 65 heavy (non-hydrogen) atoms. The number of aliphatic hydroxyl groups excluding tert-OH is 3. The number of hydrogen-bond donors (Lipinski definition) is 7. The number of ketones is 1. The summed E-state index contributed by atoms with van der Waals surface area (Å²) >= 11 is 0. The van der Waals surface area contributed by atoms with Crippen LogP contribution >= 0.6 is 0 Å². The fraction of sp³-hybridized carbons (Fsp3) is 0.444. The van der Waals surface area contributed by atoms with Gasteiger partial charge in [-0.2, -0.15) is 4.31 Å². The zero-order valence-corrected chi connectivity index (χ0v) is 37.0. The number of fused-ring (bicyclic) bond motifs is 1. The molecule has 0 aliphatic carbocycles. The van der Waals surface area contributed by atoms with Gasteiger partial charge in [-0.3, -0.25) is 9.59 Å². The maximum Gasteiger partial charge on any atom is 0.407 e. The number of nitrogens with one attached hydrogen (secondary N) is 1. The minimum Gasteiger partial charge on any atom is -0.479 e. The van der Waals surface area contributed by atoms with Gasteiger partial charge in [0.2, 0.25) is 22.2 Å². The number of nitrogens with two attached hydrogens (primary N) is 2. The quantitative estimate of drug-likeness (QED) is 0.0906. The summed E-state index contributed by atoms with van der Waals surface area (Å²) < 4.78 is 45.0. The number of hydrogen-bond acceptors (Lipinski definition) is 15. The van der Waals surface area contributed by atoms with Gasteiger partial charge in [0.05, 0.1) is 10.6 Å². The largest absolute Gasteiger partial charge is 0.479 e. The van der Waals surface area contributed by atoms with E-state index in [1.807, 2.05) is 43.0 Å². The van der Waals surface area contributed by atoms with Crippen molar-refractivity contribution in [3.05, 3.63) is 82.9 Å². The summed E-state index contributed by atoms with van der Waals surface area (Å²) in [5.41, 5.74) is 15.8. The highest BCUT2D eigenvalue weighted by molar-refractivity contribution is 7.89. The first-order chi connectivity index (χ1) is 31.0. The lowest BCUT2D eigenvalue weighted by atomic mass is 9.98. The monoisotopic (exact) mass is 920 g/mol. The van der Waals surface area contributed by atoms with E-state index in [-0.39, 0.29) is 85.9 Å². The van der Waals surface area contributed by atoms with Crippen LogP contribution in [0.4, 0.5) is 10.5 Å². The maximum atomic E-state index is 13.7. The van der Waals surface area contributed by atoms with E-state index in [4.69, 9.17) is 25.7 Å². The number of amides is 2. The normalized spacial score (nSPS) is 21.2. The zero-order chi connectivity index (χ0) is 47.0. The number of carbonyl (C=O) groups excluding carboxylic acids is 3. The Morgan fingerprint density at radius 1 is 0.954 bits per heavy atom. The summed E-state index contributed by atoms with van der Waals surface area (Å²) in [4.78, 5) is 56.8. The van der Waals surface area contributed by atoms with E-state index in [1.54, 1.807) is 18.2 Å². The summed E-state index contributed by atoms with van der Waals surface area (Å²) in [5, 5.41) is 42.7. The SMILES string of the molecule is CCCN(CCC)C(=O)C1=Cc2ccc(-c3cccc(S(=O)(=O)N4CC(CNC(=O)OCc5ccc(O[C@@H]6O[C@H](C(=O)O)[C@@H](O)[C@H](O)[C@H]6O)c(CC(=O)CCN)c5)C4)c3)cc2N=C(N)C1. The molecule has 0 unspecified atom stereocenters. The number of amidine groups is 1. The van der Waals surface area contributed by atoms with Crippen molar-refractivity contribution < 1.29 is 62.2 Å². The van der Waals surface area contributed by atoms with Crippen LogP contribution in [0.15, 0.2) is 76.1 Å². The van der Waals surface area contributed by atoms with Crippen LogP contribution in [0.5, 0.6) is 5.75 Å². The van der Waals surface area contributed by atoms with Crippen LogP contribution in [0.1, 0.15) is 56.2 Å². The highest BCUT2D eigenvalue weighted by Crippen LogP contribution is 2.34. The topological polar surface area (TPSA) is 294 Å². The lowest BCUT2D eigenvalue weighted by Gasteiger charge is -2.38. The van der Waals surface area contributed by atoms with Crippen LogP contribution in [0, 0.1) is 5.92 Å². The first-order valence-corrected chi connectivity index (χ1v) is 22.9. The first-order valence-electron chi connectivity index (χ1n) is 21.4. The molecule has 19 nitrogen and oxygen atoms in total. The van der Waals surface area contributed by atoms with Gasteiger partial charge in [0, 0.05) is 74.6 Å². The number of ether oxygens (including phenoxy) is 3. The Morgan fingerprint density at radius 3 is 2.37 bits per heavy atom. The Morgan fingerprint density at radius 2 is 1.68 bits per heavy atom. The summed E-state index contributed by atoms with van der Waals surface area (Å²) in [6, 6.07) is 16.5. The predicted molar refractivity (Wildman–Crippen MR) is 237 cm³/mol. The maximum absolute atomic E-state index is 13.7. The number of rotatable bonds is 19. The van der Waals surface area contributed by atoms with Crippen molar-refractivity contribution >= 4 is 51.4 Å². The molecule has 3 aromatic carbocycles. The number of benzene rings is 3. The number of nitrogens with zero attached hydrogens (tertiary/aromatic N) is 3. The van der Waals surface area contributed by atoms with E-state index in [9.17, 15) is 48.0 Å². The molecule has 3 aromatic rings. The van der Waals surface area contributed by atoms with Crippen LogP contribution in [-0.4, -0.2) is 138 Å². The molecule has 9 N–H and O–H groups in total. The second kappa shape index (κ2) is 21.5.